The number of fused-ring (bicyclic) bond motifs is 1. The Bertz CT molecular complexity index is 450. The van der Waals surface area contributed by atoms with Crippen molar-refractivity contribution in [1.29, 1.82) is 0 Å². The van der Waals surface area contributed by atoms with E-state index in [-0.39, 0.29) is 0 Å². The zero-order valence-corrected chi connectivity index (χ0v) is 12.3. The second-order valence-corrected chi connectivity index (χ2v) is 5.98. The van der Waals surface area contributed by atoms with Gasteiger partial charge >= 0.3 is 0 Å². The molecule has 1 aromatic rings. The summed E-state index contributed by atoms with van der Waals surface area (Å²) in [5.74, 6) is 2.07. The first-order valence-electron chi connectivity index (χ1n) is 6.76. The zero-order chi connectivity index (χ0) is 13.7. The molecule has 0 saturated heterocycles. The Morgan fingerprint density at radius 1 is 1.26 bits per heavy atom. The molecule has 1 aliphatic rings. The van der Waals surface area contributed by atoms with Crippen LogP contribution in [0.1, 0.15) is 20.3 Å². The lowest BCUT2D eigenvalue weighted by molar-refractivity contribution is 0.171. The maximum atomic E-state index is 12.3. The summed E-state index contributed by atoms with van der Waals surface area (Å²) in [6, 6.07) is 5.83. The van der Waals surface area contributed by atoms with E-state index in [1.54, 1.807) is 0 Å². The van der Waals surface area contributed by atoms with Gasteiger partial charge in [0.05, 0.1) is 10.8 Å². The van der Waals surface area contributed by atoms with Crippen molar-refractivity contribution in [3.05, 3.63) is 18.2 Å². The van der Waals surface area contributed by atoms with Crippen LogP contribution in [0.25, 0.3) is 0 Å². The molecule has 0 aromatic heterocycles. The van der Waals surface area contributed by atoms with Crippen molar-refractivity contribution in [3.63, 3.8) is 0 Å². The quantitative estimate of drug-likeness (QED) is 0.867. The van der Waals surface area contributed by atoms with Crippen molar-refractivity contribution in [2.24, 2.45) is 0 Å². The highest BCUT2D eigenvalue weighted by atomic mass is 32.2. The van der Waals surface area contributed by atoms with E-state index >= 15 is 0 Å². The molecule has 4 nitrogen and oxygen atoms in total. The molecule has 0 spiro atoms. The third kappa shape index (κ3) is 3.70. The van der Waals surface area contributed by atoms with E-state index in [2.05, 4.69) is 19.2 Å². The predicted octanol–water partition coefficient (Wildman–Crippen LogP) is 1.95. The van der Waals surface area contributed by atoms with Crippen molar-refractivity contribution >= 4 is 10.8 Å². The van der Waals surface area contributed by atoms with Crippen molar-refractivity contribution in [2.45, 2.75) is 31.2 Å². The van der Waals surface area contributed by atoms with Gasteiger partial charge in [0.15, 0.2) is 11.5 Å². The number of hydrogen-bond acceptors (Lipinski definition) is 4. The van der Waals surface area contributed by atoms with Crippen molar-refractivity contribution in [3.8, 4) is 11.5 Å². The van der Waals surface area contributed by atoms with Crippen LogP contribution in [0, 0.1) is 0 Å². The van der Waals surface area contributed by atoms with E-state index < -0.39 is 10.8 Å². The third-order valence-electron chi connectivity index (χ3n) is 3.11. The second-order valence-electron chi connectivity index (χ2n) is 4.48. The SMILES string of the molecule is CCNC(CC)CS(=O)c1ccc2c(c1)OCCO2. The number of nitrogens with one attached hydrogen (secondary N) is 1. The zero-order valence-electron chi connectivity index (χ0n) is 11.5. The molecule has 19 heavy (non-hydrogen) atoms. The Labute approximate surface area is 116 Å². The fourth-order valence-corrected chi connectivity index (χ4v) is 3.42. The molecule has 2 rings (SSSR count). The van der Waals surface area contributed by atoms with Crippen LogP contribution in [0.3, 0.4) is 0 Å². The summed E-state index contributed by atoms with van der Waals surface area (Å²) >= 11 is 0. The number of benzene rings is 1. The van der Waals surface area contributed by atoms with Crippen molar-refractivity contribution < 1.29 is 13.7 Å². The van der Waals surface area contributed by atoms with Gasteiger partial charge in [-0.15, -0.1) is 0 Å². The Kier molecular flexibility index (Phi) is 5.22. The first-order valence-corrected chi connectivity index (χ1v) is 8.07. The standard InChI is InChI=1S/C14H21NO3S/c1-3-11(15-4-2)10-19(16)12-5-6-13-14(9-12)18-8-7-17-13/h5-6,9,11,15H,3-4,7-8,10H2,1-2H3. The fraction of sp³-hybridized carbons (Fsp3) is 0.571. The molecule has 0 bridgehead atoms. The highest BCUT2D eigenvalue weighted by molar-refractivity contribution is 7.85. The summed E-state index contributed by atoms with van der Waals surface area (Å²) in [5, 5.41) is 3.35. The van der Waals surface area contributed by atoms with Crippen LogP contribution in [0.4, 0.5) is 0 Å². The minimum absolute atomic E-state index is 0.291. The van der Waals surface area contributed by atoms with E-state index in [9.17, 15) is 4.21 Å². The van der Waals surface area contributed by atoms with Gasteiger partial charge in [-0.25, -0.2) is 0 Å². The largest absolute Gasteiger partial charge is 0.486 e. The molecule has 5 heteroatoms. The number of hydrogen-bond donors (Lipinski definition) is 1. The van der Waals surface area contributed by atoms with Gasteiger partial charge in [-0.2, -0.15) is 0 Å². The lowest BCUT2D eigenvalue weighted by Crippen LogP contribution is -2.33. The van der Waals surface area contributed by atoms with Crippen LogP contribution < -0.4 is 14.8 Å². The molecule has 2 atom stereocenters. The molecule has 1 heterocycles. The monoisotopic (exact) mass is 283 g/mol. The van der Waals surface area contributed by atoms with Gasteiger partial charge in [0, 0.05) is 22.8 Å². The maximum absolute atomic E-state index is 12.3. The minimum atomic E-state index is -1.01. The minimum Gasteiger partial charge on any atom is -0.486 e. The molecule has 1 aliphatic heterocycles. The molecule has 0 radical (unpaired) electrons. The van der Waals surface area contributed by atoms with Crippen molar-refractivity contribution in [1.82, 2.24) is 5.32 Å². The van der Waals surface area contributed by atoms with E-state index in [4.69, 9.17) is 9.47 Å². The lowest BCUT2D eigenvalue weighted by atomic mass is 10.2. The molecule has 106 valence electrons. The molecular formula is C14H21NO3S. The van der Waals surface area contributed by atoms with Crippen LogP contribution in [0.2, 0.25) is 0 Å². The maximum Gasteiger partial charge on any atom is 0.162 e. The normalized spacial score (nSPS) is 16.9. The Balaban J connectivity index is 2.06. The van der Waals surface area contributed by atoms with Crippen LogP contribution in [-0.4, -0.2) is 35.8 Å². The highest BCUT2D eigenvalue weighted by Crippen LogP contribution is 2.31. The topological polar surface area (TPSA) is 47.6 Å². The lowest BCUT2D eigenvalue weighted by Gasteiger charge is -2.19. The molecule has 1 aromatic carbocycles. The Morgan fingerprint density at radius 3 is 2.68 bits per heavy atom. The summed E-state index contributed by atoms with van der Waals surface area (Å²) in [5.41, 5.74) is 0. The van der Waals surface area contributed by atoms with Gasteiger partial charge in [0.25, 0.3) is 0 Å². The fourth-order valence-electron chi connectivity index (χ4n) is 2.05. The van der Waals surface area contributed by atoms with Gasteiger partial charge in [0.2, 0.25) is 0 Å². The summed E-state index contributed by atoms with van der Waals surface area (Å²) < 4.78 is 23.3. The predicted molar refractivity (Wildman–Crippen MR) is 76.5 cm³/mol. The summed E-state index contributed by atoms with van der Waals surface area (Å²) in [4.78, 5) is 0.806. The third-order valence-corrected chi connectivity index (χ3v) is 4.60. The van der Waals surface area contributed by atoms with E-state index in [0.717, 1.165) is 23.6 Å². The average Bonchev–Trinajstić information content (AvgIpc) is 2.46. The second kappa shape index (κ2) is 6.91. The van der Waals surface area contributed by atoms with Crippen molar-refractivity contribution in [2.75, 3.05) is 25.5 Å². The summed E-state index contributed by atoms with van der Waals surface area (Å²) in [6.45, 7) is 6.20. The van der Waals surface area contributed by atoms with E-state index in [1.807, 2.05) is 18.2 Å². The number of ether oxygens (including phenoxy) is 2. The smallest absolute Gasteiger partial charge is 0.162 e. The van der Waals surface area contributed by atoms with Crippen LogP contribution in [-0.2, 0) is 10.8 Å². The first kappa shape index (κ1) is 14.3. The molecule has 0 amide bonds. The Morgan fingerprint density at radius 2 is 2.00 bits per heavy atom. The highest BCUT2D eigenvalue weighted by Gasteiger charge is 2.16. The van der Waals surface area contributed by atoms with Gasteiger partial charge in [0.1, 0.15) is 13.2 Å². The summed E-state index contributed by atoms with van der Waals surface area (Å²) in [6.07, 6.45) is 0.976. The summed E-state index contributed by atoms with van der Waals surface area (Å²) in [7, 11) is -1.01. The van der Waals surface area contributed by atoms with E-state index in [1.165, 1.54) is 0 Å². The number of rotatable bonds is 6. The molecule has 2 unspecified atom stereocenters. The van der Waals surface area contributed by atoms with Gasteiger partial charge in [-0.05, 0) is 25.1 Å². The van der Waals surface area contributed by atoms with Crippen LogP contribution in [0.5, 0.6) is 11.5 Å². The van der Waals surface area contributed by atoms with Crippen LogP contribution >= 0.6 is 0 Å². The first-order chi connectivity index (χ1) is 9.24. The average molecular weight is 283 g/mol. The van der Waals surface area contributed by atoms with Gasteiger partial charge < -0.3 is 14.8 Å². The van der Waals surface area contributed by atoms with Crippen LogP contribution in [0.15, 0.2) is 23.1 Å². The van der Waals surface area contributed by atoms with Gasteiger partial charge in [-0.3, -0.25) is 4.21 Å². The Hall–Kier alpha value is -1.07. The van der Waals surface area contributed by atoms with Gasteiger partial charge in [-0.1, -0.05) is 13.8 Å². The molecule has 1 N–H and O–H groups in total. The molecule has 0 fully saturated rings. The van der Waals surface area contributed by atoms with E-state index in [0.29, 0.717) is 30.8 Å². The molecular weight excluding hydrogens is 262 g/mol. The molecule has 0 saturated carbocycles. The molecule has 0 aliphatic carbocycles.